The average Bonchev–Trinajstić information content (AvgIpc) is 3.17. The van der Waals surface area contributed by atoms with Crippen LogP contribution in [0.1, 0.15) is 22.6 Å². The van der Waals surface area contributed by atoms with Crippen LogP contribution in [0.2, 0.25) is 10.0 Å². The molecule has 280 valence electrons. The van der Waals surface area contributed by atoms with Gasteiger partial charge in [0.1, 0.15) is 37.3 Å². The molecule has 0 bridgehead atoms. The Morgan fingerprint density at radius 2 is 0.870 bits per heavy atom. The van der Waals surface area contributed by atoms with Gasteiger partial charge in [-0.1, -0.05) is 83.9 Å². The molecule has 0 unspecified atom stereocenters. The van der Waals surface area contributed by atoms with Gasteiger partial charge in [-0.2, -0.15) is 0 Å². The third-order valence-electron chi connectivity index (χ3n) is 7.30. The van der Waals surface area contributed by atoms with Crippen molar-refractivity contribution in [2.75, 3.05) is 0 Å². The highest BCUT2D eigenvalue weighted by atomic mass is 35.5. The van der Waals surface area contributed by atoms with E-state index in [1.165, 1.54) is 73.2 Å². The summed E-state index contributed by atoms with van der Waals surface area (Å²) in [5, 5.41) is 0.872. The number of ether oxygens (including phenoxy) is 2. The number of hydrogen-bond acceptors (Lipinski definition) is 10. The highest BCUT2D eigenvalue weighted by molar-refractivity contribution is 7.89. The predicted molar refractivity (Wildman–Crippen MR) is 202 cm³/mol. The quantitative estimate of drug-likeness (QED) is 0.121. The third-order valence-corrected chi connectivity index (χ3v) is 10.6. The first kappa shape index (κ1) is 40.0. The summed E-state index contributed by atoms with van der Waals surface area (Å²) in [7, 11) is -7.49. The highest BCUT2D eigenvalue weighted by Gasteiger charge is 2.16. The molecule has 54 heavy (non-hydrogen) atoms. The molecule has 0 saturated carbocycles. The van der Waals surface area contributed by atoms with E-state index in [1.807, 2.05) is 60.7 Å². The minimum Gasteiger partial charge on any atom is -0.482 e. The minimum atomic E-state index is -3.75. The van der Waals surface area contributed by atoms with E-state index in [9.17, 15) is 26.4 Å². The van der Waals surface area contributed by atoms with Gasteiger partial charge in [-0.25, -0.2) is 26.3 Å². The van der Waals surface area contributed by atoms with Crippen LogP contribution < -0.4 is 29.8 Å². The second-order valence-electron chi connectivity index (χ2n) is 11.3. The largest absolute Gasteiger partial charge is 0.482 e. The van der Waals surface area contributed by atoms with E-state index >= 15 is 0 Å². The maximum Gasteiger partial charge on any atom is 0.240 e. The molecule has 6 rings (SSSR count). The van der Waals surface area contributed by atoms with Crippen molar-refractivity contribution in [1.82, 2.24) is 9.44 Å². The second kappa shape index (κ2) is 18.7. The summed E-state index contributed by atoms with van der Waals surface area (Å²) in [6.07, 6.45) is 2.36. The van der Waals surface area contributed by atoms with Crippen molar-refractivity contribution in [3.05, 3.63) is 187 Å². The van der Waals surface area contributed by atoms with Gasteiger partial charge < -0.3 is 18.3 Å². The second-order valence-corrected chi connectivity index (χ2v) is 15.7. The third kappa shape index (κ3) is 11.9. The molecule has 0 fully saturated rings. The molecule has 0 spiro atoms. The van der Waals surface area contributed by atoms with Gasteiger partial charge in [-0.3, -0.25) is 9.59 Å². The van der Waals surface area contributed by atoms with Gasteiger partial charge in [0.25, 0.3) is 0 Å². The van der Waals surface area contributed by atoms with Crippen LogP contribution in [0.4, 0.5) is 0 Å². The van der Waals surface area contributed by atoms with Gasteiger partial charge in [0.15, 0.2) is 0 Å². The van der Waals surface area contributed by atoms with Crippen LogP contribution in [-0.2, 0) is 46.3 Å². The summed E-state index contributed by atoms with van der Waals surface area (Å²) in [4.78, 5) is 24.4. The standard InChI is InChI=1S/2C19H16ClNO5S/c2*20-15-6-8-17(9-7-15)27(23,24)21-11-16-10-18(22)19(13-25-16)26-12-14-4-2-1-3-5-14/h2*1-10,13,21H,11-12H2. The van der Waals surface area contributed by atoms with Crippen molar-refractivity contribution in [3.8, 4) is 11.5 Å². The van der Waals surface area contributed by atoms with Gasteiger partial charge in [0.05, 0.1) is 22.9 Å². The lowest BCUT2D eigenvalue weighted by Crippen LogP contribution is -2.23. The Labute approximate surface area is 321 Å². The highest BCUT2D eigenvalue weighted by Crippen LogP contribution is 2.17. The topological polar surface area (TPSA) is 171 Å². The first-order valence-electron chi connectivity index (χ1n) is 16.0. The van der Waals surface area contributed by atoms with Crippen molar-refractivity contribution >= 4 is 43.2 Å². The maximum atomic E-state index is 12.2. The van der Waals surface area contributed by atoms with Crippen LogP contribution >= 0.6 is 23.2 Å². The molecule has 0 aliphatic rings. The molecule has 4 aromatic carbocycles. The minimum absolute atomic E-state index is 0.0585. The summed E-state index contributed by atoms with van der Waals surface area (Å²) in [5.41, 5.74) is 1.05. The lowest BCUT2D eigenvalue weighted by Gasteiger charge is -2.08. The number of sulfonamides is 2. The van der Waals surface area contributed by atoms with E-state index in [4.69, 9.17) is 41.5 Å². The van der Waals surface area contributed by atoms with E-state index in [-0.39, 0.29) is 59.1 Å². The molecule has 6 aromatic rings. The molecule has 0 aliphatic carbocycles. The maximum absolute atomic E-state index is 12.2. The van der Waals surface area contributed by atoms with Gasteiger partial charge in [0, 0.05) is 22.2 Å². The first-order chi connectivity index (χ1) is 25.9. The molecule has 16 heteroatoms. The van der Waals surface area contributed by atoms with Gasteiger partial charge in [0.2, 0.25) is 42.4 Å². The summed E-state index contributed by atoms with van der Waals surface area (Å²) in [6, 6.07) is 32.7. The molecular weight excluding hydrogens is 779 g/mol. The lowest BCUT2D eigenvalue weighted by molar-refractivity contribution is 0.289. The summed E-state index contributed by atoms with van der Waals surface area (Å²) in [6.45, 7) is 0.126. The van der Waals surface area contributed by atoms with E-state index in [2.05, 4.69) is 9.44 Å². The molecule has 2 N–H and O–H groups in total. The van der Waals surface area contributed by atoms with Crippen molar-refractivity contribution in [2.24, 2.45) is 0 Å². The van der Waals surface area contributed by atoms with Crippen molar-refractivity contribution in [2.45, 2.75) is 36.1 Å². The number of halogens is 2. The zero-order chi connectivity index (χ0) is 38.6. The van der Waals surface area contributed by atoms with Crippen LogP contribution in [-0.4, -0.2) is 16.8 Å². The van der Waals surface area contributed by atoms with E-state index in [1.54, 1.807) is 0 Å². The molecule has 0 atom stereocenters. The van der Waals surface area contributed by atoms with Crippen LogP contribution in [0, 0.1) is 0 Å². The SMILES string of the molecule is O=c1cc(CNS(=O)(=O)c2ccc(Cl)cc2)occ1OCc1ccccc1.O=c1cc(CNS(=O)(=O)c2ccc(Cl)cc2)occ1OCc1ccccc1. The summed E-state index contributed by atoms with van der Waals surface area (Å²) in [5.74, 6) is 0.459. The molecule has 0 saturated heterocycles. The van der Waals surface area contributed by atoms with Crippen molar-refractivity contribution in [3.63, 3.8) is 0 Å². The van der Waals surface area contributed by atoms with E-state index in [0.717, 1.165) is 11.1 Å². The molecule has 2 aromatic heterocycles. The number of nitrogens with one attached hydrogen (secondary N) is 2. The molecule has 2 heterocycles. The number of hydrogen-bond donors (Lipinski definition) is 2. The van der Waals surface area contributed by atoms with Gasteiger partial charge in [-0.05, 0) is 59.7 Å². The van der Waals surface area contributed by atoms with Gasteiger partial charge >= 0.3 is 0 Å². The zero-order valence-electron chi connectivity index (χ0n) is 28.2. The van der Waals surface area contributed by atoms with E-state index < -0.39 is 30.9 Å². The molecule has 12 nitrogen and oxygen atoms in total. The fraction of sp³-hybridized carbons (Fsp3) is 0.105. The van der Waals surface area contributed by atoms with Crippen LogP contribution in [0.3, 0.4) is 0 Å². The number of rotatable bonds is 14. The smallest absolute Gasteiger partial charge is 0.240 e. The zero-order valence-corrected chi connectivity index (χ0v) is 31.3. The predicted octanol–water partition coefficient (Wildman–Crippen LogP) is 6.70. The fourth-order valence-corrected chi connectivity index (χ4v) is 6.71. The molecule has 0 amide bonds. The number of benzene rings is 4. The molecule has 0 aliphatic heterocycles. The Kier molecular flexibility index (Phi) is 13.8. The Morgan fingerprint density at radius 3 is 1.20 bits per heavy atom. The van der Waals surface area contributed by atoms with Crippen molar-refractivity contribution in [1.29, 1.82) is 0 Å². The van der Waals surface area contributed by atoms with Gasteiger partial charge in [-0.15, -0.1) is 0 Å². The Hall–Kier alpha value is -5.22. The fourth-order valence-electron chi connectivity index (χ4n) is 4.47. The van der Waals surface area contributed by atoms with Crippen LogP contribution in [0.5, 0.6) is 11.5 Å². The Morgan fingerprint density at radius 1 is 0.519 bits per heavy atom. The first-order valence-corrected chi connectivity index (χ1v) is 19.7. The molecular formula is C38H32Cl2N2O10S2. The summed E-state index contributed by atoms with van der Waals surface area (Å²) >= 11 is 11.5. The van der Waals surface area contributed by atoms with Crippen molar-refractivity contribution < 1.29 is 35.1 Å². The lowest BCUT2D eigenvalue weighted by atomic mass is 10.2. The normalized spacial score (nSPS) is 11.3. The van der Waals surface area contributed by atoms with Crippen LogP contribution in [0.15, 0.2) is 162 Å². The summed E-state index contributed by atoms with van der Waals surface area (Å²) < 4.78 is 75.2. The Balaban J connectivity index is 0.000000208. The average molecular weight is 812 g/mol. The Bertz CT molecular complexity index is 2300. The van der Waals surface area contributed by atoms with Crippen LogP contribution in [0.25, 0.3) is 0 Å². The van der Waals surface area contributed by atoms with E-state index in [0.29, 0.717) is 10.0 Å². The monoisotopic (exact) mass is 810 g/mol. The molecule has 0 radical (unpaired) electrons.